The van der Waals surface area contributed by atoms with E-state index in [0.717, 1.165) is 5.56 Å². The zero-order valence-corrected chi connectivity index (χ0v) is 12.5. The summed E-state index contributed by atoms with van der Waals surface area (Å²) in [6.07, 6.45) is 0. The van der Waals surface area contributed by atoms with Crippen molar-refractivity contribution in [1.29, 1.82) is 0 Å². The maximum atomic E-state index is 11.9. The average Bonchev–Trinajstić information content (AvgIpc) is 2.88. The minimum absolute atomic E-state index is 0.124. The van der Waals surface area contributed by atoms with Gasteiger partial charge < -0.3 is 16.6 Å². The second-order valence-corrected chi connectivity index (χ2v) is 5.17. The topological polar surface area (TPSA) is 107 Å². The molecule has 0 atom stereocenters. The van der Waals surface area contributed by atoms with Crippen LogP contribution in [0.2, 0.25) is 0 Å². The van der Waals surface area contributed by atoms with Crippen molar-refractivity contribution in [3.63, 3.8) is 0 Å². The molecule has 116 valence electrons. The molecule has 0 spiro atoms. The Hall–Kier alpha value is -3.28. The van der Waals surface area contributed by atoms with Crippen molar-refractivity contribution < 1.29 is 9.90 Å². The lowest BCUT2D eigenvalue weighted by molar-refractivity contribution is 0.100. The SMILES string of the molecule is Cc1c(O)cccc1-n1nc(-c2ccccc2)c(C(N)=O)c1N. The van der Waals surface area contributed by atoms with E-state index in [1.807, 2.05) is 30.3 Å². The Morgan fingerprint density at radius 3 is 2.48 bits per heavy atom. The average molecular weight is 308 g/mol. The molecule has 0 unspecified atom stereocenters. The number of rotatable bonds is 3. The number of aromatic hydroxyl groups is 1. The van der Waals surface area contributed by atoms with E-state index in [9.17, 15) is 9.90 Å². The summed E-state index contributed by atoms with van der Waals surface area (Å²) in [4.78, 5) is 11.9. The lowest BCUT2D eigenvalue weighted by Crippen LogP contribution is -2.14. The van der Waals surface area contributed by atoms with Gasteiger partial charge in [-0.2, -0.15) is 5.10 Å². The monoisotopic (exact) mass is 308 g/mol. The molecular formula is C17H16N4O2. The highest BCUT2D eigenvalue weighted by Crippen LogP contribution is 2.31. The molecule has 3 aromatic rings. The number of carbonyl (C=O) groups excluding carboxylic acids is 1. The molecule has 0 aliphatic heterocycles. The van der Waals surface area contributed by atoms with Gasteiger partial charge in [-0.05, 0) is 19.1 Å². The van der Waals surface area contributed by atoms with Gasteiger partial charge in [0.25, 0.3) is 5.91 Å². The molecule has 0 aliphatic carbocycles. The van der Waals surface area contributed by atoms with E-state index in [1.165, 1.54) is 4.68 Å². The van der Waals surface area contributed by atoms with E-state index in [0.29, 0.717) is 16.9 Å². The summed E-state index contributed by atoms with van der Waals surface area (Å²) in [5.41, 5.74) is 14.1. The van der Waals surface area contributed by atoms with Gasteiger partial charge in [0.15, 0.2) is 0 Å². The number of nitrogens with two attached hydrogens (primary N) is 2. The first-order valence-corrected chi connectivity index (χ1v) is 7.03. The number of carbonyl (C=O) groups is 1. The van der Waals surface area contributed by atoms with Gasteiger partial charge in [0.2, 0.25) is 0 Å². The van der Waals surface area contributed by atoms with E-state index in [4.69, 9.17) is 11.5 Å². The van der Waals surface area contributed by atoms with Crippen LogP contribution in [0.25, 0.3) is 16.9 Å². The molecule has 1 amide bonds. The summed E-state index contributed by atoms with van der Waals surface area (Å²) in [6, 6.07) is 14.2. The van der Waals surface area contributed by atoms with Crippen molar-refractivity contribution in [2.24, 2.45) is 5.73 Å². The number of nitrogen functional groups attached to an aromatic ring is 1. The molecule has 3 rings (SSSR count). The van der Waals surface area contributed by atoms with Crippen molar-refractivity contribution in [2.75, 3.05) is 5.73 Å². The third-order valence-corrected chi connectivity index (χ3v) is 3.72. The molecule has 2 aromatic carbocycles. The molecular weight excluding hydrogens is 292 g/mol. The Kier molecular flexibility index (Phi) is 3.50. The van der Waals surface area contributed by atoms with Crippen molar-refractivity contribution in [3.05, 3.63) is 59.7 Å². The lowest BCUT2D eigenvalue weighted by atomic mass is 10.1. The smallest absolute Gasteiger partial charge is 0.254 e. The molecule has 0 aliphatic rings. The van der Waals surface area contributed by atoms with Crippen molar-refractivity contribution in [1.82, 2.24) is 9.78 Å². The van der Waals surface area contributed by atoms with Crippen LogP contribution in [0.3, 0.4) is 0 Å². The molecule has 0 fully saturated rings. The number of hydrogen-bond acceptors (Lipinski definition) is 4. The molecule has 1 heterocycles. The second kappa shape index (κ2) is 5.49. The Morgan fingerprint density at radius 2 is 1.83 bits per heavy atom. The third-order valence-electron chi connectivity index (χ3n) is 3.72. The van der Waals surface area contributed by atoms with Crippen LogP contribution in [0.1, 0.15) is 15.9 Å². The van der Waals surface area contributed by atoms with Crippen LogP contribution in [-0.4, -0.2) is 20.8 Å². The fourth-order valence-corrected chi connectivity index (χ4v) is 2.50. The number of phenols is 1. The minimum atomic E-state index is -0.648. The Bertz CT molecular complexity index is 885. The molecule has 5 N–H and O–H groups in total. The van der Waals surface area contributed by atoms with Crippen LogP contribution in [0.5, 0.6) is 5.75 Å². The fraction of sp³-hybridized carbons (Fsp3) is 0.0588. The van der Waals surface area contributed by atoms with Gasteiger partial charge in [0.1, 0.15) is 22.8 Å². The predicted octanol–water partition coefficient (Wildman–Crippen LogP) is 2.23. The highest BCUT2D eigenvalue weighted by atomic mass is 16.3. The van der Waals surface area contributed by atoms with Crippen LogP contribution in [0, 0.1) is 6.92 Å². The number of nitrogens with zero attached hydrogens (tertiary/aromatic N) is 2. The van der Waals surface area contributed by atoms with Gasteiger partial charge in [-0.3, -0.25) is 4.79 Å². The molecule has 0 saturated carbocycles. The molecule has 0 bridgehead atoms. The van der Waals surface area contributed by atoms with Crippen LogP contribution in [0.15, 0.2) is 48.5 Å². The number of benzene rings is 2. The maximum absolute atomic E-state index is 11.9. The van der Waals surface area contributed by atoms with Crippen LogP contribution >= 0.6 is 0 Å². The second-order valence-electron chi connectivity index (χ2n) is 5.17. The largest absolute Gasteiger partial charge is 0.508 e. The van der Waals surface area contributed by atoms with Crippen molar-refractivity contribution in [3.8, 4) is 22.7 Å². The number of primary amides is 1. The zero-order valence-electron chi connectivity index (χ0n) is 12.5. The Labute approximate surface area is 133 Å². The lowest BCUT2D eigenvalue weighted by Gasteiger charge is -2.09. The summed E-state index contributed by atoms with van der Waals surface area (Å²) < 4.78 is 1.43. The van der Waals surface area contributed by atoms with E-state index < -0.39 is 5.91 Å². The Morgan fingerprint density at radius 1 is 1.13 bits per heavy atom. The molecule has 23 heavy (non-hydrogen) atoms. The van der Waals surface area contributed by atoms with E-state index in [-0.39, 0.29) is 17.1 Å². The molecule has 0 saturated heterocycles. The van der Waals surface area contributed by atoms with Crippen LogP contribution in [-0.2, 0) is 0 Å². The summed E-state index contributed by atoms with van der Waals surface area (Å²) in [5, 5.41) is 14.3. The molecule has 0 radical (unpaired) electrons. The van der Waals surface area contributed by atoms with Gasteiger partial charge >= 0.3 is 0 Å². The first kappa shape index (κ1) is 14.6. The van der Waals surface area contributed by atoms with Crippen molar-refractivity contribution in [2.45, 2.75) is 6.92 Å². The number of aromatic nitrogens is 2. The van der Waals surface area contributed by atoms with Crippen LogP contribution < -0.4 is 11.5 Å². The summed E-state index contributed by atoms with van der Waals surface area (Å²) in [7, 11) is 0. The van der Waals surface area contributed by atoms with Gasteiger partial charge in [0.05, 0.1) is 5.69 Å². The van der Waals surface area contributed by atoms with Gasteiger partial charge in [-0.1, -0.05) is 36.4 Å². The van der Waals surface area contributed by atoms with E-state index in [1.54, 1.807) is 25.1 Å². The maximum Gasteiger partial charge on any atom is 0.254 e. The number of anilines is 1. The molecule has 1 aromatic heterocycles. The van der Waals surface area contributed by atoms with Crippen LogP contribution in [0.4, 0.5) is 5.82 Å². The quantitative estimate of drug-likeness (QED) is 0.689. The van der Waals surface area contributed by atoms with Gasteiger partial charge in [0, 0.05) is 11.1 Å². The summed E-state index contributed by atoms with van der Waals surface area (Å²) >= 11 is 0. The predicted molar refractivity (Wildman–Crippen MR) is 88.3 cm³/mol. The first-order chi connectivity index (χ1) is 11.0. The van der Waals surface area contributed by atoms with Crippen molar-refractivity contribution >= 4 is 11.7 Å². The third kappa shape index (κ3) is 2.40. The Balaban J connectivity index is 2.29. The van der Waals surface area contributed by atoms with E-state index >= 15 is 0 Å². The number of amides is 1. The highest BCUT2D eigenvalue weighted by molar-refractivity contribution is 6.03. The highest BCUT2D eigenvalue weighted by Gasteiger charge is 2.23. The molecule has 6 nitrogen and oxygen atoms in total. The minimum Gasteiger partial charge on any atom is -0.508 e. The summed E-state index contributed by atoms with van der Waals surface area (Å²) in [6.45, 7) is 1.75. The van der Waals surface area contributed by atoms with Gasteiger partial charge in [-0.15, -0.1) is 0 Å². The summed E-state index contributed by atoms with van der Waals surface area (Å²) in [5.74, 6) is -0.380. The fourth-order valence-electron chi connectivity index (χ4n) is 2.50. The zero-order chi connectivity index (χ0) is 16.6. The first-order valence-electron chi connectivity index (χ1n) is 7.03. The number of hydrogen-bond donors (Lipinski definition) is 3. The van der Waals surface area contributed by atoms with Gasteiger partial charge in [-0.25, -0.2) is 4.68 Å². The molecule has 6 heteroatoms. The normalized spacial score (nSPS) is 10.7. The number of phenolic OH excluding ortho intramolecular Hbond substituents is 1. The van der Waals surface area contributed by atoms with E-state index in [2.05, 4.69) is 5.10 Å². The standard InChI is InChI=1S/C17H16N4O2/c1-10-12(8-5-9-13(10)22)21-16(18)14(17(19)23)15(20-21)11-6-3-2-4-7-11/h2-9,22H,18H2,1H3,(H2,19,23).